The highest BCUT2D eigenvalue weighted by molar-refractivity contribution is 8.01. The summed E-state index contributed by atoms with van der Waals surface area (Å²) in [5.74, 6) is 0.524. The van der Waals surface area contributed by atoms with Crippen LogP contribution in [0.25, 0.3) is 0 Å². The van der Waals surface area contributed by atoms with Gasteiger partial charge in [-0.15, -0.1) is 11.8 Å². The van der Waals surface area contributed by atoms with Crippen molar-refractivity contribution in [3.63, 3.8) is 0 Å². The van der Waals surface area contributed by atoms with E-state index in [2.05, 4.69) is 85.0 Å². The zero-order chi connectivity index (χ0) is 23.9. The summed E-state index contributed by atoms with van der Waals surface area (Å²) in [6.45, 7) is 3.02. The van der Waals surface area contributed by atoms with Gasteiger partial charge in [0, 0.05) is 6.54 Å². The molecule has 1 N–H and O–H groups in total. The van der Waals surface area contributed by atoms with Gasteiger partial charge < -0.3 is 5.32 Å². The second kappa shape index (κ2) is 14.7. The van der Waals surface area contributed by atoms with E-state index < -0.39 is 4.75 Å². The molecule has 2 nitrogen and oxygen atoms in total. The molecule has 0 fully saturated rings. The van der Waals surface area contributed by atoms with Crippen molar-refractivity contribution in [3.05, 3.63) is 108 Å². The molecule has 0 aliphatic heterocycles. The third kappa shape index (κ3) is 7.50. The fraction of sp³-hybridized carbons (Fsp3) is 0.387. The van der Waals surface area contributed by atoms with Crippen LogP contribution in [0.2, 0.25) is 0 Å². The summed E-state index contributed by atoms with van der Waals surface area (Å²) >= 11 is 1.70. The molecule has 1 amide bonds. The lowest BCUT2D eigenvalue weighted by Crippen LogP contribution is -2.31. The first-order valence-corrected chi connectivity index (χ1v) is 13.8. The highest BCUT2D eigenvalue weighted by Gasteiger charge is 2.37. The van der Waals surface area contributed by atoms with E-state index in [-0.39, 0.29) is 5.91 Å². The number of hydrogen-bond donors (Lipinski definition) is 1. The Morgan fingerprint density at radius 2 is 1.06 bits per heavy atom. The van der Waals surface area contributed by atoms with Crippen molar-refractivity contribution in [2.45, 2.75) is 63.0 Å². The predicted molar refractivity (Wildman–Crippen MR) is 147 cm³/mol. The van der Waals surface area contributed by atoms with Crippen molar-refractivity contribution in [3.8, 4) is 0 Å². The Morgan fingerprint density at radius 3 is 1.50 bits per heavy atom. The summed E-state index contributed by atoms with van der Waals surface area (Å²) in [5, 5.41) is 3.16. The molecule has 0 aliphatic rings. The zero-order valence-electron chi connectivity index (χ0n) is 20.5. The molecule has 3 aromatic rings. The van der Waals surface area contributed by atoms with Gasteiger partial charge in [0.25, 0.3) is 0 Å². The van der Waals surface area contributed by atoms with Crippen LogP contribution in [0.3, 0.4) is 0 Å². The van der Waals surface area contributed by atoms with Crippen LogP contribution in [0, 0.1) is 0 Å². The van der Waals surface area contributed by atoms with E-state index in [1.807, 2.05) is 18.2 Å². The smallest absolute Gasteiger partial charge is 0.230 e. The number of amides is 1. The second-order valence-electron chi connectivity index (χ2n) is 8.89. The molecule has 0 heterocycles. The molecule has 0 unspecified atom stereocenters. The van der Waals surface area contributed by atoms with Gasteiger partial charge in [-0.3, -0.25) is 4.79 Å². The van der Waals surface area contributed by atoms with E-state index in [0.29, 0.717) is 5.75 Å². The maximum atomic E-state index is 12.9. The number of unbranched alkanes of at least 4 members (excludes halogenated alkanes) is 7. The fourth-order valence-electron chi connectivity index (χ4n) is 4.48. The molecule has 3 aromatic carbocycles. The number of benzene rings is 3. The van der Waals surface area contributed by atoms with Crippen LogP contribution < -0.4 is 5.32 Å². The first kappa shape index (κ1) is 26.1. The molecule has 0 aromatic heterocycles. The zero-order valence-corrected chi connectivity index (χ0v) is 21.4. The predicted octanol–water partition coefficient (Wildman–Crippen LogP) is 7.97. The van der Waals surface area contributed by atoms with Crippen LogP contribution in [0.15, 0.2) is 91.0 Å². The van der Waals surface area contributed by atoms with E-state index in [0.717, 1.165) is 13.0 Å². The number of nitrogens with one attached hydrogen (secondary N) is 1. The van der Waals surface area contributed by atoms with Crippen LogP contribution in [0.5, 0.6) is 0 Å². The van der Waals surface area contributed by atoms with Crippen LogP contribution in [-0.4, -0.2) is 18.2 Å². The maximum Gasteiger partial charge on any atom is 0.230 e. The lowest BCUT2D eigenvalue weighted by Gasteiger charge is -2.35. The van der Waals surface area contributed by atoms with Crippen molar-refractivity contribution in [2.75, 3.05) is 12.3 Å². The number of rotatable bonds is 15. The topological polar surface area (TPSA) is 29.1 Å². The van der Waals surface area contributed by atoms with Crippen molar-refractivity contribution in [1.29, 1.82) is 0 Å². The normalized spacial score (nSPS) is 11.3. The fourth-order valence-corrected chi connectivity index (χ4v) is 5.84. The van der Waals surface area contributed by atoms with Gasteiger partial charge in [0.15, 0.2) is 0 Å². The third-order valence-corrected chi connectivity index (χ3v) is 7.86. The highest BCUT2D eigenvalue weighted by Crippen LogP contribution is 2.48. The van der Waals surface area contributed by atoms with Crippen LogP contribution in [0.1, 0.15) is 75.0 Å². The van der Waals surface area contributed by atoms with E-state index >= 15 is 0 Å². The number of carbonyl (C=O) groups excluding carboxylic acids is 1. The number of thioether (sulfide) groups is 1. The van der Waals surface area contributed by atoms with E-state index in [1.54, 1.807) is 11.8 Å². The second-order valence-corrected chi connectivity index (χ2v) is 10.1. The first-order valence-electron chi connectivity index (χ1n) is 12.8. The molecule has 3 heteroatoms. The molecule has 0 radical (unpaired) electrons. The molecule has 180 valence electrons. The lowest BCUT2D eigenvalue weighted by molar-refractivity contribution is -0.118. The van der Waals surface area contributed by atoms with Crippen LogP contribution in [-0.2, 0) is 9.54 Å². The van der Waals surface area contributed by atoms with Gasteiger partial charge in [-0.1, -0.05) is 143 Å². The van der Waals surface area contributed by atoms with Crippen LogP contribution in [0.4, 0.5) is 0 Å². The maximum absolute atomic E-state index is 12.9. The highest BCUT2D eigenvalue weighted by atomic mass is 32.2. The van der Waals surface area contributed by atoms with Crippen molar-refractivity contribution in [1.82, 2.24) is 5.32 Å². The van der Waals surface area contributed by atoms with Gasteiger partial charge in [-0.05, 0) is 23.1 Å². The largest absolute Gasteiger partial charge is 0.355 e. The summed E-state index contributed by atoms with van der Waals surface area (Å²) in [4.78, 5) is 12.9. The summed E-state index contributed by atoms with van der Waals surface area (Å²) in [7, 11) is 0. The Hall–Kier alpha value is -2.52. The van der Waals surface area contributed by atoms with E-state index in [9.17, 15) is 4.79 Å². The van der Waals surface area contributed by atoms with Gasteiger partial charge in [0.1, 0.15) is 0 Å². The van der Waals surface area contributed by atoms with E-state index in [4.69, 9.17) is 0 Å². The number of carbonyl (C=O) groups is 1. The molecular formula is C31H39NOS. The quantitative estimate of drug-likeness (QED) is 0.179. The average molecular weight is 474 g/mol. The standard InChI is InChI=1S/C31H39NOS/c1-2-3-4-5-6-7-8-18-25-32-30(33)26-34-31(27-19-12-9-13-20-27,28-21-14-10-15-22-28)29-23-16-11-17-24-29/h9-17,19-24H,2-8,18,25-26H2,1H3,(H,32,33). The third-order valence-electron chi connectivity index (χ3n) is 6.31. The molecule has 0 bridgehead atoms. The Bertz CT molecular complexity index is 846. The number of hydrogen-bond acceptors (Lipinski definition) is 2. The Kier molecular flexibility index (Phi) is 11.3. The molecule has 34 heavy (non-hydrogen) atoms. The van der Waals surface area contributed by atoms with Gasteiger partial charge in [-0.2, -0.15) is 0 Å². The van der Waals surface area contributed by atoms with Crippen molar-refractivity contribution < 1.29 is 4.79 Å². The summed E-state index contributed by atoms with van der Waals surface area (Å²) < 4.78 is -0.445. The van der Waals surface area contributed by atoms with Gasteiger partial charge in [-0.25, -0.2) is 0 Å². The summed E-state index contributed by atoms with van der Waals surface area (Å²) in [6.07, 6.45) is 10.2. The lowest BCUT2D eigenvalue weighted by atomic mass is 9.84. The Labute approximate surface area is 210 Å². The minimum absolute atomic E-state index is 0.111. The molecule has 3 rings (SSSR count). The van der Waals surface area contributed by atoms with Gasteiger partial charge >= 0.3 is 0 Å². The molecule has 0 aliphatic carbocycles. The van der Waals surface area contributed by atoms with Gasteiger partial charge in [0.2, 0.25) is 5.91 Å². The first-order chi connectivity index (χ1) is 16.8. The molecule has 0 atom stereocenters. The Balaban J connectivity index is 1.65. The summed E-state index contributed by atoms with van der Waals surface area (Å²) in [6, 6.07) is 31.7. The molecule has 0 saturated heterocycles. The average Bonchev–Trinajstić information content (AvgIpc) is 2.90. The SMILES string of the molecule is CCCCCCCCCCNC(=O)CSC(c1ccccc1)(c1ccccc1)c1ccccc1. The Morgan fingerprint density at radius 1 is 0.647 bits per heavy atom. The minimum atomic E-state index is -0.445. The molecule has 0 saturated carbocycles. The molecular weight excluding hydrogens is 434 g/mol. The summed E-state index contributed by atoms with van der Waals surface area (Å²) in [5.41, 5.74) is 3.56. The van der Waals surface area contributed by atoms with E-state index in [1.165, 1.54) is 61.6 Å². The van der Waals surface area contributed by atoms with Gasteiger partial charge in [0.05, 0.1) is 10.5 Å². The van der Waals surface area contributed by atoms with Crippen molar-refractivity contribution >= 4 is 17.7 Å². The molecule has 0 spiro atoms. The minimum Gasteiger partial charge on any atom is -0.355 e. The monoisotopic (exact) mass is 473 g/mol. The van der Waals surface area contributed by atoms with Crippen LogP contribution >= 0.6 is 11.8 Å². The van der Waals surface area contributed by atoms with Crippen molar-refractivity contribution in [2.24, 2.45) is 0 Å².